The molecule has 1 nitrogen and oxygen atoms in total. The Morgan fingerprint density at radius 3 is 1.61 bits per heavy atom. The SMILES string of the molecule is O=C1C2C3CC4C5CC(C42)C(C53)C12C1C3CC4C5CC(C41)C2C53. The largest absolute Gasteiger partial charge is 0.299 e. The van der Waals surface area contributed by atoms with E-state index < -0.39 is 0 Å². The Balaban J connectivity index is 1.32. The van der Waals surface area contributed by atoms with Gasteiger partial charge in [0.05, 0.1) is 0 Å². The summed E-state index contributed by atoms with van der Waals surface area (Å²) in [7, 11) is 0. The Bertz CT molecular complexity index is 740. The molecule has 1 heteroatoms. The van der Waals surface area contributed by atoms with Gasteiger partial charge in [-0.15, -0.1) is 0 Å². The summed E-state index contributed by atoms with van der Waals surface area (Å²) in [4.78, 5) is 14.1. The molecule has 0 aromatic heterocycles. The summed E-state index contributed by atoms with van der Waals surface area (Å²) in [6, 6.07) is 0. The van der Waals surface area contributed by atoms with Crippen molar-refractivity contribution in [2.75, 3.05) is 0 Å². The van der Waals surface area contributed by atoms with Crippen molar-refractivity contribution in [3.05, 3.63) is 0 Å². The van der Waals surface area contributed by atoms with Gasteiger partial charge in [0.15, 0.2) is 0 Å². The van der Waals surface area contributed by atoms with E-state index in [9.17, 15) is 4.79 Å². The number of carbonyl (C=O) groups is 1. The summed E-state index contributed by atoms with van der Waals surface area (Å²) in [5.74, 6) is 16.7. The molecule has 118 valence electrons. The van der Waals surface area contributed by atoms with E-state index in [0.717, 1.165) is 94.6 Å². The predicted octanol–water partition coefficient (Wildman–Crippen LogP) is 3.10. The topological polar surface area (TPSA) is 17.1 Å². The fourth-order valence-electron chi connectivity index (χ4n) is 14.3. The van der Waals surface area contributed by atoms with Gasteiger partial charge in [0.1, 0.15) is 5.78 Å². The Labute approximate surface area is 137 Å². The van der Waals surface area contributed by atoms with Crippen molar-refractivity contribution in [2.45, 2.75) is 25.7 Å². The average molecular weight is 304 g/mol. The van der Waals surface area contributed by atoms with Gasteiger partial charge < -0.3 is 0 Å². The van der Waals surface area contributed by atoms with Crippen molar-refractivity contribution in [3.63, 3.8) is 0 Å². The highest BCUT2D eigenvalue weighted by Gasteiger charge is 2.93. The molecule has 12 aliphatic rings. The van der Waals surface area contributed by atoms with Crippen LogP contribution in [0, 0.1) is 100 Å². The molecule has 16 unspecified atom stereocenters. The van der Waals surface area contributed by atoms with E-state index in [1.807, 2.05) is 0 Å². The predicted molar refractivity (Wildman–Crippen MR) is 81.7 cm³/mol. The van der Waals surface area contributed by atoms with Gasteiger partial charge >= 0.3 is 0 Å². The number of hydrogen-bond donors (Lipinski definition) is 0. The van der Waals surface area contributed by atoms with Crippen molar-refractivity contribution in [2.24, 2.45) is 100 Å². The minimum Gasteiger partial charge on any atom is -0.299 e. The average Bonchev–Trinajstić information content (AvgIpc) is 3.27. The van der Waals surface area contributed by atoms with Crippen LogP contribution in [-0.4, -0.2) is 5.78 Å². The van der Waals surface area contributed by atoms with Gasteiger partial charge in [0, 0.05) is 11.3 Å². The smallest absolute Gasteiger partial charge is 0.143 e. The van der Waals surface area contributed by atoms with Crippen molar-refractivity contribution in [1.82, 2.24) is 0 Å². The van der Waals surface area contributed by atoms with Gasteiger partial charge in [-0.3, -0.25) is 4.79 Å². The van der Waals surface area contributed by atoms with E-state index in [-0.39, 0.29) is 0 Å². The fourth-order valence-corrected chi connectivity index (χ4v) is 14.3. The zero-order chi connectivity index (χ0) is 14.1. The van der Waals surface area contributed by atoms with Crippen molar-refractivity contribution < 1.29 is 4.79 Å². The van der Waals surface area contributed by atoms with Crippen LogP contribution in [0.1, 0.15) is 25.7 Å². The zero-order valence-corrected chi connectivity index (χ0v) is 13.5. The van der Waals surface area contributed by atoms with Crippen LogP contribution in [0.15, 0.2) is 0 Å². The lowest BCUT2D eigenvalue weighted by atomic mass is 9.40. The summed E-state index contributed by atoms with van der Waals surface area (Å²) in [5.41, 5.74) is 0.293. The third-order valence-electron chi connectivity index (χ3n) is 13.1. The van der Waals surface area contributed by atoms with Gasteiger partial charge in [-0.25, -0.2) is 0 Å². The maximum absolute atomic E-state index is 14.1. The Kier molecular flexibility index (Phi) is 1.16. The zero-order valence-electron chi connectivity index (χ0n) is 13.5. The van der Waals surface area contributed by atoms with Gasteiger partial charge in [-0.1, -0.05) is 0 Å². The first-order valence-electron chi connectivity index (χ1n) is 10.9. The second kappa shape index (κ2) is 2.52. The van der Waals surface area contributed by atoms with Crippen LogP contribution in [0.2, 0.25) is 0 Å². The maximum Gasteiger partial charge on any atom is 0.143 e. The summed E-state index contributed by atoms with van der Waals surface area (Å²) >= 11 is 0. The normalized spacial score (nSPS) is 89.3. The lowest BCUT2D eigenvalue weighted by molar-refractivity contribution is -0.182. The van der Waals surface area contributed by atoms with Gasteiger partial charge in [-0.2, -0.15) is 0 Å². The molecule has 1 spiro atoms. The van der Waals surface area contributed by atoms with Crippen LogP contribution >= 0.6 is 0 Å². The van der Waals surface area contributed by atoms with Gasteiger partial charge in [0.2, 0.25) is 0 Å². The molecule has 0 aromatic carbocycles. The Morgan fingerprint density at radius 1 is 0.565 bits per heavy atom. The molecule has 12 saturated carbocycles. The Hall–Kier alpha value is -0.330. The third kappa shape index (κ3) is 0.627. The number of carbonyl (C=O) groups excluding carboxylic acids is 1. The minimum absolute atomic E-state index is 0.293. The van der Waals surface area contributed by atoms with E-state index >= 15 is 0 Å². The minimum atomic E-state index is 0.293. The van der Waals surface area contributed by atoms with Gasteiger partial charge in [0.25, 0.3) is 0 Å². The molecule has 12 fully saturated rings. The van der Waals surface area contributed by atoms with E-state index in [4.69, 9.17) is 0 Å². The fraction of sp³-hybridized carbons (Fsp3) is 0.955. The van der Waals surface area contributed by atoms with Crippen molar-refractivity contribution in [3.8, 4) is 0 Å². The molecule has 0 radical (unpaired) electrons. The monoisotopic (exact) mass is 304 g/mol. The first kappa shape index (κ1) is 10.6. The first-order valence-corrected chi connectivity index (χ1v) is 10.9. The molecule has 0 aliphatic heterocycles. The number of rotatable bonds is 0. The van der Waals surface area contributed by atoms with Crippen LogP contribution in [0.3, 0.4) is 0 Å². The molecule has 23 heavy (non-hydrogen) atoms. The summed E-state index contributed by atoms with van der Waals surface area (Å²) < 4.78 is 0. The summed E-state index contributed by atoms with van der Waals surface area (Å²) in [6.07, 6.45) is 6.19. The highest BCUT2D eigenvalue weighted by Crippen LogP contribution is 2.94. The molecular formula is C22H24O. The second-order valence-corrected chi connectivity index (χ2v) is 12.0. The number of ketones is 1. The van der Waals surface area contributed by atoms with Crippen molar-refractivity contribution >= 4 is 5.78 Å². The molecule has 12 rings (SSSR count). The van der Waals surface area contributed by atoms with Crippen molar-refractivity contribution in [1.29, 1.82) is 0 Å². The third-order valence-corrected chi connectivity index (χ3v) is 13.1. The molecule has 16 atom stereocenters. The van der Waals surface area contributed by atoms with Crippen LogP contribution in [0.4, 0.5) is 0 Å². The molecule has 0 heterocycles. The van der Waals surface area contributed by atoms with Gasteiger partial charge in [-0.05, 0) is 114 Å². The van der Waals surface area contributed by atoms with Crippen LogP contribution in [0.5, 0.6) is 0 Å². The quantitative estimate of drug-likeness (QED) is 0.672. The maximum atomic E-state index is 14.1. The molecule has 0 amide bonds. The van der Waals surface area contributed by atoms with Crippen LogP contribution in [0.25, 0.3) is 0 Å². The number of hydrogen-bond acceptors (Lipinski definition) is 1. The van der Waals surface area contributed by atoms with Crippen LogP contribution in [-0.2, 0) is 4.79 Å². The molecule has 12 aliphatic carbocycles. The van der Waals surface area contributed by atoms with E-state index in [1.165, 1.54) is 6.42 Å². The molecule has 0 N–H and O–H groups in total. The summed E-state index contributed by atoms with van der Waals surface area (Å²) in [6.45, 7) is 0. The lowest BCUT2D eigenvalue weighted by Crippen LogP contribution is -2.65. The Morgan fingerprint density at radius 2 is 1.00 bits per heavy atom. The first-order chi connectivity index (χ1) is 11.3. The molecule has 0 aromatic rings. The number of Topliss-reactive ketones (excluding diaryl/α,β-unsaturated/α-hetero) is 1. The highest BCUT2D eigenvalue weighted by atomic mass is 16.1. The lowest BCUT2D eigenvalue weighted by Gasteiger charge is -2.61. The molecule has 0 saturated heterocycles. The molecule has 12 bridgehead atoms. The molecular weight excluding hydrogens is 280 g/mol. The van der Waals surface area contributed by atoms with E-state index in [1.54, 1.807) is 19.3 Å². The second-order valence-electron chi connectivity index (χ2n) is 12.0. The van der Waals surface area contributed by atoms with E-state index in [0.29, 0.717) is 11.3 Å². The van der Waals surface area contributed by atoms with E-state index in [2.05, 4.69) is 0 Å². The summed E-state index contributed by atoms with van der Waals surface area (Å²) in [5, 5.41) is 0. The standard InChI is InChI=1S/C22H24O/c23-21-17-9-1-5-6-2-10(13(5)17)18(14(6)9)22(21)19-11-3-7-8-4-12(15(7)19)20(22)16(8)11/h5-20H,1-4H2. The van der Waals surface area contributed by atoms with Crippen LogP contribution < -0.4 is 0 Å². The highest BCUT2D eigenvalue weighted by molar-refractivity contribution is 5.93.